The molecule has 4 fully saturated rings. The molecule has 2 saturated heterocycles. The number of hydrogen-bond donors (Lipinski definition) is 4. The number of rotatable bonds is 23. The second kappa shape index (κ2) is 30.5. The van der Waals surface area contributed by atoms with Gasteiger partial charge in [-0.1, -0.05) is 99.9 Å². The fraction of sp³-hybridized carbons (Fsp3) is 0.706. The van der Waals surface area contributed by atoms with E-state index in [9.17, 15) is 38.4 Å². The van der Waals surface area contributed by atoms with Crippen molar-refractivity contribution in [1.82, 2.24) is 40.9 Å². The normalized spacial score (nSPS) is 23.6. The summed E-state index contributed by atoms with van der Waals surface area (Å²) >= 11 is 0. The summed E-state index contributed by atoms with van der Waals surface area (Å²) in [6.45, 7) is 15.6. The van der Waals surface area contributed by atoms with Crippen LogP contribution < -0.4 is 21.3 Å². The summed E-state index contributed by atoms with van der Waals surface area (Å²) in [4.78, 5) is 118. The molecule has 2 aliphatic heterocycles. The van der Waals surface area contributed by atoms with Gasteiger partial charge in [0.1, 0.15) is 47.5 Å². The highest BCUT2D eigenvalue weighted by molar-refractivity contribution is 5.96. The Balaban J connectivity index is 0.819. The van der Waals surface area contributed by atoms with Crippen LogP contribution in [0.4, 0.5) is 9.59 Å². The maximum atomic E-state index is 14.7. The molecule has 4 aliphatic carbocycles. The molecule has 8 amide bonds. The molecule has 0 radical (unpaired) electrons. The van der Waals surface area contributed by atoms with Crippen molar-refractivity contribution >= 4 is 47.6 Å². The molecule has 2 heterocycles. The quantitative estimate of drug-likeness (QED) is 0.0765. The van der Waals surface area contributed by atoms with E-state index >= 15 is 0 Å². The van der Waals surface area contributed by atoms with Crippen LogP contribution in [-0.4, -0.2) is 167 Å². The molecule has 0 unspecified atom stereocenters. The highest BCUT2D eigenvalue weighted by Gasteiger charge is 2.46. The van der Waals surface area contributed by atoms with Crippen molar-refractivity contribution in [1.29, 1.82) is 0 Å². The van der Waals surface area contributed by atoms with E-state index in [-0.39, 0.29) is 47.7 Å². The van der Waals surface area contributed by atoms with E-state index in [0.29, 0.717) is 64.8 Å². The smallest absolute Gasteiger partial charge is 0.410 e. The molecule has 20 heteroatoms. The molecule has 88 heavy (non-hydrogen) atoms. The fourth-order valence-electron chi connectivity index (χ4n) is 13.8. The predicted molar refractivity (Wildman–Crippen MR) is 333 cm³/mol. The van der Waals surface area contributed by atoms with Crippen molar-refractivity contribution < 1.29 is 57.3 Å². The van der Waals surface area contributed by atoms with Crippen molar-refractivity contribution in [3.63, 3.8) is 0 Å². The number of likely N-dealkylation sites (tertiary alicyclic amines) is 2. The SMILES string of the molecule is C[C@@H](C(=O)N[C@H](C(=O)N1CCC[C@H]1C(=O)N[C@H]1c2ccccc2C[C@H]1OCCCCCCO[C@@H]1Cc2ccccc2[C@@H]1NC(=O)[C@@H]1CCCN1C(=O)[C@@H](NC(=O)[C@H](C)N(C)C(=O)OC(C)(C)C)C1CCCCC1)C1CCCCC1)N(C)C(=O)OC(C)(C)C. The maximum absolute atomic E-state index is 14.7. The largest absolute Gasteiger partial charge is 0.444 e. The van der Waals surface area contributed by atoms with E-state index in [1.165, 1.54) is 23.9 Å². The third kappa shape index (κ3) is 17.4. The van der Waals surface area contributed by atoms with Gasteiger partial charge in [-0.25, -0.2) is 9.59 Å². The van der Waals surface area contributed by atoms with Gasteiger partial charge in [-0.15, -0.1) is 0 Å². The summed E-state index contributed by atoms with van der Waals surface area (Å²) in [5.41, 5.74) is 2.74. The summed E-state index contributed by atoms with van der Waals surface area (Å²) in [5, 5.41) is 12.7. The molecule has 2 aromatic carbocycles. The van der Waals surface area contributed by atoms with Crippen LogP contribution in [0.25, 0.3) is 0 Å². The van der Waals surface area contributed by atoms with Gasteiger partial charge in [-0.05, 0) is 154 Å². The van der Waals surface area contributed by atoms with Crippen molar-refractivity contribution in [2.45, 2.75) is 256 Å². The first-order valence-electron chi connectivity index (χ1n) is 33.0. The Morgan fingerprint density at radius 1 is 0.511 bits per heavy atom. The van der Waals surface area contributed by atoms with Crippen molar-refractivity contribution in [2.75, 3.05) is 40.4 Å². The number of amides is 8. The monoisotopic (exact) mass is 1220 g/mol. The lowest BCUT2D eigenvalue weighted by molar-refractivity contribution is -0.144. The Kier molecular flexibility index (Phi) is 23.4. The van der Waals surface area contributed by atoms with Gasteiger partial charge in [0.2, 0.25) is 35.4 Å². The van der Waals surface area contributed by atoms with Crippen molar-refractivity contribution in [3.8, 4) is 0 Å². The average molecular weight is 1220 g/mol. The number of fused-ring (bicyclic) bond motifs is 2. The topological polar surface area (TPSA) is 235 Å². The Morgan fingerprint density at radius 3 is 1.24 bits per heavy atom. The molecule has 486 valence electrons. The number of hydrogen-bond acceptors (Lipinski definition) is 12. The van der Waals surface area contributed by atoms with Crippen LogP contribution in [0.2, 0.25) is 0 Å². The molecule has 0 spiro atoms. The number of likely N-dealkylation sites (N-methyl/N-ethyl adjacent to an activating group) is 2. The standard InChI is InChI=1S/C68H102N8O12/c1-43(73(9)65(83)87-67(3,4)5)59(77)69-55(45-27-15-13-16-28-45)63(81)75-37-25-35-51(75)61(79)71-57-49-33-21-19-31-47(49)41-53(57)85-39-23-11-12-24-40-86-54-42-48-32-20-22-34-50(48)58(54)72-62(80)52-36-26-38-76(52)64(82)56(46-29-17-14-18-30-46)70-60(78)44(2)74(10)66(84)88-68(6,7)8/h19-22,31-34,43-46,51-58H,11-18,23-30,35-42H2,1-10H3,(H,69,77)(H,70,78)(H,71,79)(H,72,80)/t43-,44-,51-,52-,53+,54+,55-,56-,57-,58-/m0/s1. The van der Waals surface area contributed by atoms with Crippen LogP contribution in [0, 0.1) is 11.8 Å². The lowest BCUT2D eigenvalue weighted by Crippen LogP contribution is -2.59. The highest BCUT2D eigenvalue weighted by atomic mass is 16.6. The number of carbonyl (C=O) groups is 8. The Labute approximate surface area is 522 Å². The molecule has 8 rings (SSSR count). The molecule has 20 nitrogen and oxygen atoms in total. The van der Waals surface area contributed by atoms with E-state index in [1.54, 1.807) is 65.2 Å². The van der Waals surface area contributed by atoms with E-state index in [2.05, 4.69) is 33.4 Å². The molecule has 6 aliphatic rings. The van der Waals surface area contributed by atoms with Crippen molar-refractivity contribution in [3.05, 3.63) is 70.8 Å². The van der Waals surface area contributed by atoms with Gasteiger partial charge in [0, 0.05) is 53.2 Å². The Hall–Kier alpha value is -6.28. The molecule has 4 N–H and O–H groups in total. The van der Waals surface area contributed by atoms with Crippen LogP contribution in [0.5, 0.6) is 0 Å². The summed E-state index contributed by atoms with van der Waals surface area (Å²) in [6, 6.07) is 10.4. The Bertz CT molecular complexity index is 2570. The predicted octanol–water partition coefficient (Wildman–Crippen LogP) is 8.77. The second-order valence-corrected chi connectivity index (χ2v) is 27.7. The van der Waals surface area contributed by atoms with E-state index in [1.807, 2.05) is 36.4 Å². The zero-order valence-electron chi connectivity index (χ0n) is 54.2. The zero-order valence-corrected chi connectivity index (χ0v) is 54.2. The van der Waals surface area contributed by atoms with Crippen LogP contribution >= 0.6 is 0 Å². The molecule has 2 saturated carbocycles. The number of benzene rings is 2. The van der Waals surface area contributed by atoms with Gasteiger partial charge in [0.15, 0.2) is 0 Å². The third-order valence-electron chi connectivity index (χ3n) is 19.0. The first kappa shape index (κ1) is 67.6. The van der Waals surface area contributed by atoms with E-state index in [4.69, 9.17) is 18.9 Å². The number of ether oxygens (including phenoxy) is 4. The first-order chi connectivity index (χ1) is 41.9. The molecule has 10 atom stereocenters. The van der Waals surface area contributed by atoms with Gasteiger partial charge in [-0.3, -0.25) is 38.6 Å². The summed E-state index contributed by atoms with van der Waals surface area (Å²) in [7, 11) is 3.03. The minimum atomic E-state index is -0.899. The third-order valence-corrected chi connectivity index (χ3v) is 19.0. The summed E-state index contributed by atoms with van der Waals surface area (Å²) < 4.78 is 24.3. The molecule has 0 aromatic heterocycles. The van der Waals surface area contributed by atoms with Gasteiger partial charge in [0.05, 0.1) is 24.3 Å². The number of nitrogens with one attached hydrogen (secondary N) is 4. The zero-order chi connectivity index (χ0) is 63.5. The molecule has 2 aromatic rings. The van der Waals surface area contributed by atoms with Gasteiger partial charge in [-0.2, -0.15) is 0 Å². The summed E-state index contributed by atoms with van der Waals surface area (Å²) in [5.74, 6) is -2.10. The molecular formula is C68H102N8O12. The average Bonchev–Trinajstić information content (AvgIpc) is 2.32. The lowest BCUT2D eigenvalue weighted by Gasteiger charge is -2.36. The van der Waals surface area contributed by atoms with Gasteiger partial charge in [0.25, 0.3) is 0 Å². The minimum Gasteiger partial charge on any atom is -0.444 e. The van der Waals surface area contributed by atoms with E-state index < -0.39 is 83.5 Å². The summed E-state index contributed by atoms with van der Waals surface area (Å²) in [6.07, 6.45) is 14.1. The molecular weight excluding hydrogens is 1120 g/mol. The van der Waals surface area contributed by atoms with E-state index in [0.717, 1.165) is 112 Å². The number of unbranched alkanes of at least 4 members (excludes halogenated alkanes) is 3. The lowest BCUT2D eigenvalue weighted by atomic mass is 9.83. The minimum absolute atomic E-state index is 0.0954. The highest BCUT2D eigenvalue weighted by Crippen LogP contribution is 2.38. The molecule has 0 bridgehead atoms. The number of nitrogens with zero attached hydrogens (tertiary/aromatic N) is 4. The first-order valence-corrected chi connectivity index (χ1v) is 33.0. The van der Waals surface area contributed by atoms with Crippen molar-refractivity contribution in [2.24, 2.45) is 11.8 Å². The van der Waals surface area contributed by atoms with Crippen LogP contribution in [0.1, 0.15) is 205 Å². The van der Waals surface area contributed by atoms with Gasteiger partial charge >= 0.3 is 12.2 Å². The maximum Gasteiger partial charge on any atom is 0.410 e. The van der Waals surface area contributed by atoms with Crippen LogP contribution in [-0.2, 0) is 60.6 Å². The number of carbonyl (C=O) groups excluding carboxylic acids is 8. The van der Waals surface area contributed by atoms with Gasteiger partial charge < -0.3 is 50.0 Å². The Morgan fingerprint density at radius 2 is 0.875 bits per heavy atom. The fourth-order valence-corrected chi connectivity index (χ4v) is 13.8. The van der Waals surface area contributed by atoms with Crippen LogP contribution in [0.15, 0.2) is 48.5 Å². The van der Waals surface area contributed by atoms with Crippen LogP contribution in [0.3, 0.4) is 0 Å². The second-order valence-electron chi connectivity index (χ2n) is 27.7.